The van der Waals surface area contributed by atoms with Gasteiger partial charge in [-0.1, -0.05) is 24.3 Å². The van der Waals surface area contributed by atoms with Crippen molar-refractivity contribution in [3.05, 3.63) is 82.2 Å². The fourth-order valence-electron chi connectivity index (χ4n) is 5.58. The minimum absolute atomic E-state index is 0.0639. The SMILES string of the molecule is O=c1cc(CN2CCc3ccccc3C2)occ1OC1CC2(CCN(c3ncccn3)C2)C1. The molecule has 7 heteroatoms. The predicted molar refractivity (Wildman–Crippen MR) is 124 cm³/mol. The van der Waals surface area contributed by atoms with Crippen molar-refractivity contribution in [3.8, 4) is 5.75 Å². The number of benzene rings is 1. The molecule has 1 aromatic carbocycles. The van der Waals surface area contributed by atoms with Gasteiger partial charge >= 0.3 is 0 Å². The number of fused-ring (bicyclic) bond motifs is 1. The second kappa shape index (κ2) is 8.30. The molecular formula is C26H28N4O3. The minimum atomic E-state index is -0.0969. The van der Waals surface area contributed by atoms with Gasteiger partial charge in [-0.3, -0.25) is 9.69 Å². The highest BCUT2D eigenvalue weighted by atomic mass is 16.5. The first-order valence-corrected chi connectivity index (χ1v) is 11.8. The Labute approximate surface area is 193 Å². The lowest BCUT2D eigenvalue weighted by Gasteiger charge is -2.44. The van der Waals surface area contributed by atoms with E-state index < -0.39 is 0 Å². The third-order valence-electron chi connectivity index (χ3n) is 7.33. The Kier molecular flexibility index (Phi) is 5.14. The first-order valence-electron chi connectivity index (χ1n) is 11.8. The first kappa shape index (κ1) is 20.4. The van der Waals surface area contributed by atoms with E-state index in [-0.39, 0.29) is 16.9 Å². The Bertz CT molecular complexity index is 1190. The molecule has 0 bridgehead atoms. The molecule has 0 radical (unpaired) electrons. The third kappa shape index (κ3) is 4.13. The summed E-state index contributed by atoms with van der Waals surface area (Å²) in [7, 11) is 0. The molecule has 7 nitrogen and oxygen atoms in total. The summed E-state index contributed by atoms with van der Waals surface area (Å²) >= 11 is 0. The van der Waals surface area contributed by atoms with Gasteiger partial charge in [-0.25, -0.2) is 9.97 Å². The van der Waals surface area contributed by atoms with Crippen LogP contribution in [-0.4, -0.2) is 40.6 Å². The van der Waals surface area contributed by atoms with E-state index in [9.17, 15) is 4.79 Å². The largest absolute Gasteiger partial charge is 0.483 e. The minimum Gasteiger partial charge on any atom is -0.483 e. The van der Waals surface area contributed by atoms with Crippen molar-refractivity contribution in [1.29, 1.82) is 0 Å². The second-order valence-electron chi connectivity index (χ2n) is 9.67. The van der Waals surface area contributed by atoms with Crippen LogP contribution in [0.4, 0.5) is 5.95 Å². The summed E-state index contributed by atoms with van der Waals surface area (Å²) in [6, 6.07) is 12.0. The topological polar surface area (TPSA) is 71.7 Å². The van der Waals surface area contributed by atoms with Crippen LogP contribution in [0.25, 0.3) is 0 Å². The number of anilines is 1. The quantitative estimate of drug-likeness (QED) is 0.597. The van der Waals surface area contributed by atoms with Crippen molar-refractivity contribution in [2.24, 2.45) is 5.41 Å². The van der Waals surface area contributed by atoms with Crippen molar-refractivity contribution < 1.29 is 9.15 Å². The second-order valence-corrected chi connectivity index (χ2v) is 9.67. The fourth-order valence-corrected chi connectivity index (χ4v) is 5.58. The highest BCUT2D eigenvalue weighted by molar-refractivity contribution is 5.33. The van der Waals surface area contributed by atoms with Gasteiger partial charge in [-0.2, -0.15) is 0 Å². The zero-order valence-electron chi connectivity index (χ0n) is 18.7. The van der Waals surface area contributed by atoms with E-state index in [1.165, 1.54) is 17.4 Å². The molecule has 0 atom stereocenters. The summed E-state index contributed by atoms with van der Waals surface area (Å²) in [5.74, 6) is 1.81. The molecule has 2 aliphatic heterocycles. The van der Waals surface area contributed by atoms with Gasteiger partial charge in [0.05, 0.1) is 6.54 Å². The van der Waals surface area contributed by atoms with Gasteiger partial charge in [-0.05, 0) is 48.3 Å². The molecule has 1 saturated carbocycles. The van der Waals surface area contributed by atoms with Gasteiger partial charge in [0, 0.05) is 44.6 Å². The number of rotatable bonds is 5. The number of aromatic nitrogens is 2. The van der Waals surface area contributed by atoms with E-state index in [4.69, 9.17) is 9.15 Å². The maximum atomic E-state index is 12.7. The van der Waals surface area contributed by atoms with Crippen molar-refractivity contribution in [1.82, 2.24) is 14.9 Å². The number of ether oxygens (including phenoxy) is 1. The summed E-state index contributed by atoms with van der Waals surface area (Å²) in [5, 5.41) is 0. The third-order valence-corrected chi connectivity index (χ3v) is 7.33. The van der Waals surface area contributed by atoms with Gasteiger partial charge < -0.3 is 14.1 Å². The zero-order valence-corrected chi connectivity index (χ0v) is 18.7. The fraction of sp³-hybridized carbons (Fsp3) is 0.423. The van der Waals surface area contributed by atoms with Crippen LogP contribution >= 0.6 is 0 Å². The Hall–Kier alpha value is -3.19. The molecule has 170 valence electrons. The first-order chi connectivity index (χ1) is 16.2. The molecule has 0 amide bonds. The molecule has 6 rings (SSSR count). The van der Waals surface area contributed by atoms with E-state index in [0.29, 0.717) is 18.1 Å². The van der Waals surface area contributed by atoms with E-state index in [2.05, 4.69) is 44.0 Å². The number of hydrogen-bond acceptors (Lipinski definition) is 7. The Morgan fingerprint density at radius 2 is 1.91 bits per heavy atom. The molecule has 0 unspecified atom stereocenters. The van der Waals surface area contributed by atoms with E-state index >= 15 is 0 Å². The summed E-state index contributed by atoms with van der Waals surface area (Å²) in [6.45, 7) is 4.40. The van der Waals surface area contributed by atoms with Crippen LogP contribution < -0.4 is 15.1 Å². The standard InChI is InChI=1S/C26H28N4O3/c31-23-12-21(16-29-10-6-19-4-1-2-5-20(19)15-29)32-17-24(23)33-22-13-26(14-22)7-11-30(18-26)25-27-8-3-9-28-25/h1-5,8-9,12,17,22H,6-7,10-11,13-16,18H2. The molecule has 0 N–H and O–H groups in total. The molecule has 4 heterocycles. The molecule has 1 spiro atoms. The van der Waals surface area contributed by atoms with Crippen molar-refractivity contribution >= 4 is 5.95 Å². The Morgan fingerprint density at radius 1 is 1.09 bits per heavy atom. The summed E-state index contributed by atoms with van der Waals surface area (Å²) in [5.41, 5.74) is 2.92. The van der Waals surface area contributed by atoms with Gasteiger partial charge in [-0.15, -0.1) is 0 Å². The molecule has 1 aliphatic carbocycles. The van der Waals surface area contributed by atoms with Crippen LogP contribution in [0.5, 0.6) is 5.75 Å². The number of nitrogens with zero attached hydrogens (tertiary/aromatic N) is 4. The highest BCUT2D eigenvalue weighted by Crippen LogP contribution is 2.49. The van der Waals surface area contributed by atoms with Gasteiger partial charge in [0.15, 0.2) is 0 Å². The average molecular weight is 445 g/mol. The predicted octanol–water partition coefficient (Wildman–Crippen LogP) is 3.43. The summed E-state index contributed by atoms with van der Waals surface area (Å²) in [4.78, 5) is 26.0. The van der Waals surface area contributed by atoms with Gasteiger partial charge in [0.1, 0.15) is 18.1 Å². The average Bonchev–Trinajstić information content (AvgIpc) is 3.27. The van der Waals surface area contributed by atoms with Gasteiger partial charge in [0.25, 0.3) is 0 Å². The van der Waals surface area contributed by atoms with Crippen molar-refractivity contribution in [2.45, 2.75) is 44.9 Å². The molecule has 3 aliphatic rings. The highest BCUT2D eigenvalue weighted by Gasteiger charge is 2.50. The summed E-state index contributed by atoms with van der Waals surface area (Å²) < 4.78 is 11.8. The van der Waals surface area contributed by atoms with Crippen molar-refractivity contribution in [2.75, 3.05) is 24.5 Å². The van der Waals surface area contributed by atoms with Crippen molar-refractivity contribution in [3.63, 3.8) is 0 Å². The monoisotopic (exact) mass is 444 g/mol. The van der Waals surface area contributed by atoms with Gasteiger partial charge in [0.2, 0.25) is 17.1 Å². The van der Waals surface area contributed by atoms with E-state index in [1.54, 1.807) is 18.5 Å². The maximum absolute atomic E-state index is 12.7. The molecule has 1 saturated heterocycles. The molecule has 3 aromatic rings. The van der Waals surface area contributed by atoms with Crippen LogP contribution in [-0.2, 0) is 19.5 Å². The smallest absolute Gasteiger partial charge is 0.227 e. The lowest BCUT2D eigenvalue weighted by molar-refractivity contribution is -0.00201. The molecule has 33 heavy (non-hydrogen) atoms. The molecule has 2 fully saturated rings. The van der Waals surface area contributed by atoms with E-state index in [1.807, 2.05) is 6.07 Å². The van der Waals surface area contributed by atoms with Crippen LogP contribution in [0.3, 0.4) is 0 Å². The lowest BCUT2D eigenvalue weighted by atomic mass is 9.66. The van der Waals surface area contributed by atoms with E-state index in [0.717, 1.165) is 57.8 Å². The molecular weight excluding hydrogens is 416 g/mol. The van der Waals surface area contributed by atoms with Crippen LogP contribution in [0, 0.1) is 5.41 Å². The van der Waals surface area contributed by atoms with Crippen LogP contribution in [0.15, 0.2) is 64.3 Å². The number of hydrogen-bond donors (Lipinski definition) is 0. The van der Waals surface area contributed by atoms with Crippen LogP contribution in [0.2, 0.25) is 0 Å². The normalized spacial score (nSPS) is 24.5. The maximum Gasteiger partial charge on any atom is 0.227 e. The Morgan fingerprint density at radius 3 is 2.73 bits per heavy atom. The summed E-state index contributed by atoms with van der Waals surface area (Å²) in [6.07, 6.45) is 9.17. The lowest BCUT2D eigenvalue weighted by Crippen LogP contribution is -2.46. The molecule has 2 aromatic heterocycles. The van der Waals surface area contributed by atoms with Crippen LogP contribution in [0.1, 0.15) is 36.1 Å². The zero-order chi connectivity index (χ0) is 22.3. The Balaban J connectivity index is 1.04.